The van der Waals surface area contributed by atoms with Gasteiger partial charge in [-0.25, -0.2) is 4.79 Å². The van der Waals surface area contributed by atoms with Crippen LogP contribution in [0, 0.1) is 6.92 Å². The lowest BCUT2D eigenvalue weighted by molar-refractivity contribution is 0.186. The average Bonchev–Trinajstić information content (AvgIpc) is 2.89. The first-order valence-electron chi connectivity index (χ1n) is 7.45. The van der Waals surface area contributed by atoms with Crippen molar-refractivity contribution < 1.29 is 9.53 Å². The standard InChI is InChI=1S/C16H25N3O2/c1-13-4-6-14(7-5-13)21-15-8-10-19(12-15)16(20)17-9-11-18(2)3/h4-7,15H,8-12H2,1-3H3,(H,17,20). The van der Waals surface area contributed by atoms with Gasteiger partial charge in [0.25, 0.3) is 0 Å². The Morgan fingerprint density at radius 3 is 2.76 bits per heavy atom. The summed E-state index contributed by atoms with van der Waals surface area (Å²) < 4.78 is 5.92. The van der Waals surface area contributed by atoms with E-state index in [0.29, 0.717) is 13.1 Å². The maximum absolute atomic E-state index is 12.0. The molecule has 0 spiro atoms. The molecule has 2 rings (SSSR count). The van der Waals surface area contributed by atoms with Gasteiger partial charge in [0.2, 0.25) is 0 Å². The zero-order chi connectivity index (χ0) is 15.2. The van der Waals surface area contributed by atoms with Crippen molar-refractivity contribution in [3.05, 3.63) is 29.8 Å². The van der Waals surface area contributed by atoms with Crippen molar-refractivity contribution in [3.8, 4) is 5.75 Å². The predicted octanol–water partition coefficient (Wildman–Crippen LogP) is 1.72. The monoisotopic (exact) mass is 291 g/mol. The molecule has 1 unspecified atom stereocenters. The number of rotatable bonds is 5. The van der Waals surface area contributed by atoms with Crippen molar-refractivity contribution in [2.24, 2.45) is 0 Å². The van der Waals surface area contributed by atoms with Gasteiger partial charge in [0.05, 0.1) is 6.54 Å². The van der Waals surface area contributed by atoms with Gasteiger partial charge in [-0.15, -0.1) is 0 Å². The minimum absolute atomic E-state index is 0.00635. The highest BCUT2D eigenvalue weighted by molar-refractivity contribution is 5.74. The van der Waals surface area contributed by atoms with E-state index in [4.69, 9.17) is 4.74 Å². The molecular formula is C16H25N3O2. The van der Waals surface area contributed by atoms with E-state index < -0.39 is 0 Å². The van der Waals surface area contributed by atoms with E-state index in [1.165, 1.54) is 5.56 Å². The van der Waals surface area contributed by atoms with E-state index >= 15 is 0 Å². The highest BCUT2D eigenvalue weighted by Gasteiger charge is 2.27. The smallest absolute Gasteiger partial charge is 0.317 e. The van der Waals surface area contributed by atoms with Crippen molar-refractivity contribution in [2.45, 2.75) is 19.4 Å². The molecule has 5 heteroatoms. The number of hydrogen-bond donors (Lipinski definition) is 1. The van der Waals surface area contributed by atoms with Crippen LogP contribution in [0.1, 0.15) is 12.0 Å². The van der Waals surface area contributed by atoms with Crippen LogP contribution >= 0.6 is 0 Å². The summed E-state index contributed by atoms with van der Waals surface area (Å²) in [6.45, 7) is 4.99. The van der Waals surface area contributed by atoms with E-state index in [9.17, 15) is 4.79 Å². The van der Waals surface area contributed by atoms with E-state index in [2.05, 4.69) is 12.2 Å². The number of nitrogens with zero attached hydrogens (tertiary/aromatic N) is 2. The zero-order valence-corrected chi connectivity index (χ0v) is 13.1. The van der Waals surface area contributed by atoms with E-state index in [-0.39, 0.29) is 12.1 Å². The number of aryl methyl sites for hydroxylation is 1. The van der Waals surface area contributed by atoms with Gasteiger partial charge in [-0.05, 0) is 33.2 Å². The van der Waals surface area contributed by atoms with Crippen molar-refractivity contribution in [3.63, 3.8) is 0 Å². The lowest BCUT2D eigenvalue weighted by atomic mass is 10.2. The van der Waals surface area contributed by atoms with Crippen molar-refractivity contribution in [1.29, 1.82) is 0 Å². The number of ether oxygens (including phenoxy) is 1. The third-order valence-electron chi connectivity index (χ3n) is 3.59. The van der Waals surface area contributed by atoms with Gasteiger partial charge in [0.15, 0.2) is 0 Å². The van der Waals surface area contributed by atoms with Crippen LogP contribution in [-0.2, 0) is 0 Å². The molecule has 1 atom stereocenters. The summed E-state index contributed by atoms with van der Waals surface area (Å²) in [5.74, 6) is 0.875. The molecule has 5 nitrogen and oxygen atoms in total. The molecule has 116 valence electrons. The predicted molar refractivity (Wildman–Crippen MR) is 83.7 cm³/mol. The van der Waals surface area contributed by atoms with Gasteiger partial charge in [0.1, 0.15) is 11.9 Å². The molecule has 1 heterocycles. The molecular weight excluding hydrogens is 266 g/mol. The fourth-order valence-corrected chi connectivity index (χ4v) is 2.32. The number of likely N-dealkylation sites (N-methyl/N-ethyl adjacent to an activating group) is 1. The van der Waals surface area contributed by atoms with Crippen LogP contribution < -0.4 is 10.1 Å². The first-order chi connectivity index (χ1) is 10.0. The van der Waals surface area contributed by atoms with Crippen LogP contribution in [0.3, 0.4) is 0 Å². The van der Waals surface area contributed by atoms with Gasteiger partial charge in [-0.2, -0.15) is 0 Å². The Bertz CT molecular complexity index is 459. The highest BCUT2D eigenvalue weighted by Crippen LogP contribution is 2.18. The summed E-state index contributed by atoms with van der Waals surface area (Å²) in [5, 5.41) is 2.94. The first-order valence-corrected chi connectivity index (χ1v) is 7.45. The van der Waals surface area contributed by atoms with Gasteiger partial charge >= 0.3 is 6.03 Å². The number of carbonyl (C=O) groups is 1. The van der Waals surface area contributed by atoms with Gasteiger partial charge in [0, 0.05) is 26.1 Å². The lowest BCUT2D eigenvalue weighted by Crippen LogP contribution is -2.41. The fourth-order valence-electron chi connectivity index (χ4n) is 2.32. The topological polar surface area (TPSA) is 44.8 Å². The van der Waals surface area contributed by atoms with Crippen LogP contribution in [0.15, 0.2) is 24.3 Å². The minimum atomic E-state index is 0.00635. The second-order valence-corrected chi connectivity index (χ2v) is 5.82. The minimum Gasteiger partial charge on any atom is -0.489 e. The molecule has 1 aromatic rings. The molecule has 0 radical (unpaired) electrons. The number of urea groups is 1. The van der Waals surface area contributed by atoms with Crippen LogP contribution in [0.4, 0.5) is 4.79 Å². The molecule has 1 aliphatic heterocycles. The summed E-state index contributed by atoms with van der Waals surface area (Å²) in [6.07, 6.45) is 0.974. The molecule has 1 fully saturated rings. The van der Waals surface area contributed by atoms with Gasteiger partial charge in [-0.1, -0.05) is 17.7 Å². The SMILES string of the molecule is Cc1ccc(OC2CCN(C(=O)NCCN(C)C)C2)cc1. The number of likely N-dealkylation sites (tertiary alicyclic amines) is 1. The summed E-state index contributed by atoms with van der Waals surface area (Å²) in [7, 11) is 3.99. The normalized spacial score (nSPS) is 18.1. The Balaban J connectivity index is 1.75. The zero-order valence-electron chi connectivity index (χ0n) is 13.1. The number of benzene rings is 1. The van der Waals surface area contributed by atoms with Crippen LogP contribution in [-0.4, -0.2) is 62.2 Å². The molecule has 1 N–H and O–H groups in total. The lowest BCUT2D eigenvalue weighted by Gasteiger charge is -2.19. The van der Waals surface area contributed by atoms with Crippen LogP contribution in [0.5, 0.6) is 5.75 Å². The summed E-state index contributed by atoms with van der Waals surface area (Å²) in [6, 6.07) is 8.04. The Labute approximate surface area is 126 Å². The molecule has 0 aromatic heterocycles. The third-order valence-corrected chi connectivity index (χ3v) is 3.59. The molecule has 1 aliphatic rings. The van der Waals surface area contributed by atoms with Crippen molar-refractivity contribution in [1.82, 2.24) is 15.1 Å². The largest absolute Gasteiger partial charge is 0.489 e. The Kier molecular flexibility index (Phi) is 5.44. The Hall–Kier alpha value is -1.75. The second kappa shape index (κ2) is 7.31. The number of hydrogen-bond acceptors (Lipinski definition) is 3. The first kappa shape index (κ1) is 15.6. The van der Waals surface area contributed by atoms with Gasteiger partial charge < -0.3 is 19.9 Å². The number of carbonyl (C=O) groups excluding carboxylic acids is 1. The third kappa shape index (κ3) is 4.93. The summed E-state index contributed by atoms with van der Waals surface area (Å²) >= 11 is 0. The average molecular weight is 291 g/mol. The Morgan fingerprint density at radius 1 is 1.38 bits per heavy atom. The molecule has 0 bridgehead atoms. The van der Waals surface area contributed by atoms with Crippen molar-refractivity contribution >= 4 is 6.03 Å². The fraction of sp³-hybridized carbons (Fsp3) is 0.562. The molecule has 0 saturated carbocycles. The second-order valence-electron chi connectivity index (χ2n) is 5.82. The molecule has 2 amide bonds. The van der Waals surface area contributed by atoms with E-state index in [1.807, 2.05) is 48.2 Å². The van der Waals surface area contributed by atoms with Crippen LogP contribution in [0.25, 0.3) is 0 Å². The summed E-state index contributed by atoms with van der Waals surface area (Å²) in [5.41, 5.74) is 1.22. The maximum atomic E-state index is 12.0. The highest BCUT2D eigenvalue weighted by atomic mass is 16.5. The van der Waals surface area contributed by atoms with E-state index in [1.54, 1.807) is 0 Å². The number of nitrogens with one attached hydrogen (secondary N) is 1. The summed E-state index contributed by atoms with van der Waals surface area (Å²) in [4.78, 5) is 15.9. The van der Waals surface area contributed by atoms with Crippen LogP contribution in [0.2, 0.25) is 0 Å². The molecule has 1 saturated heterocycles. The van der Waals surface area contributed by atoms with Gasteiger partial charge in [-0.3, -0.25) is 0 Å². The Morgan fingerprint density at radius 2 is 2.10 bits per heavy atom. The van der Waals surface area contributed by atoms with Crippen molar-refractivity contribution in [2.75, 3.05) is 40.3 Å². The molecule has 21 heavy (non-hydrogen) atoms. The quantitative estimate of drug-likeness (QED) is 0.898. The number of amides is 2. The molecule has 1 aromatic carbocycles. The van der Waals surface area contributed by atoms with E-state index in [0.717, 1.165) is 25.3 Å². The molecule has 0 aliphatic carbocycles. The maximum Gasteiger partial charge on any atom is 0.317 e.